The first-order chi connectivity index (χ1) is 11.2. The van der Waals surface area contributed by atoms with Crippen LogP contribution in [-0.4, -0.2) is 10.2 Å². The summed E-state index contributed by atoms with van der Waals surface area (Å²) in [6, 6.07) is 22.6. The van der Waals surface area contributed by atoms with Crippen molar-refractivity contribution < 1.29 is 10.2 Å². The molecule has 110 valence electrons. The number of hydrogen-bond donors (Lipinski definition) is 2. The Hall–Kier alpha value is -2.86. The van der Waals surface area contributed by atoms with Crippen molar-refractivity contribution in [2.75, 3.05) is 0 Å². The van der Waals surface area contributed by atoms with Gasteiger partial charge in [0.2, 0.25) is 5.79 Å². The van der Waals surface area contributed by atoms with Crippen LogP contribution in [-0.2, 0) is 5.79 Å². The maximum atomic E-state index is 10.7. The van der Waals surface area contributed by atoms with E-state index in [1.165, 1.54) is 0 Å². The van der Waals surface area contributed by atoms with Gasteiger partial charge in [0.15, 0.2) is 0 Å². The molecule has 0 atom stereocenters. The van der Waals surface area contributed by atoms with Crippen molar-refractivity contribution >= 4 is 0 Å². The number of fused-ring (bicyclic) bond motifs is 3. The third-order valence-corrected chi connectivity index (χ3v) is 4.12. The van der Waals surface area contributed by atoms with Gasteiger partial charge in [-0.25, -0.2) is 0 Å². The molecule has 0 heterocycles. The number of aliphatic hydroxyl groups is 2. The Kier molecular flexibility index (Phi) is 3.06. The topological polar surface area (TPSA) is 40.5 Å². The molecule has 0 spiro atoms. The van der Waals surface area contributed by atoms with E-state index >= 15 is 0 Å². The molecule has 0 aliphatic heterocycles. The molecule has 2 heteroatoms. The van der Waals surface area contributed by atoms with Crippen LogP contribution < -0.4 is 0 Å². The Bertz CT molecular complexity index is 944. The quantitative estimate of drug-likeness (QED) is 0.494. The van der Waals surface area contributed by atoms with Gasteiger partial charge in [-0.3, -0.25) is 0 Å². The second-order valence-corrected chi connectivity index (χ2v) is 5.56. The van der Waals surface area contributed by atoms with E-state index in [1.54, 1.807) is 12.1 Å². The molecule has 4 rings (SSSR count). The number of benzene rings is 3. The van der Waals surface area contributed by atoms with Gasteiger partial charge in [0, 0.05) is 22.3 Å². The van der Waals surface area contributed by atoms with E-state index in [2.05, 4.69) is 11.8 Å². The highest BCUT2D eigenvalue weighted by molar-refractivity contribution is 5.81. The highest BCUT2D eigenvalue weighted by atomic mass is 16.5. The molecule has 1 aliphatic carbocycles. The lowest BCUT2D eigenvalue weighted by Gasteiger charge is -2.19. The summed E-state index contributed by atoms with van der Waals surface area (Å²) in [5, 5.41) is 21.3. The van der Waals surface area contributed by atoms with Gasteiger partial charge < -0.3 is 10.2 Å². The van der Waals surface area contributed by atoms with Crippen molar-refractivity contribution in [3.8, 4) is 23.0 Å². The first-order valence-electron chi connectivity index (χ1n) is 7.43. The van der Waals surface area contributed by atoms with Crippen LogP contribution in [0.25, 0.3) is 11.1 Å². The second-order valence-electron chi connectivity index (χ2n) is 5.56. The highest BCUT2D eigenvalue weighted by Crippen LogP contribution is 2.47. The maximum Gasteiger partial charge on any atom is 0.219 e. The van der Waals surface area contributed by atoms with E-state index in [9.17, 15) is 10.2 Å². The molecule has 0 unspecified atom stereocenters. The minimum absolute atomic E-state index is 0.463. The summed E-state index contributed by atoms with van der Waals surface area (Å²) in [6.07, 6.45) is 0. The van der Waals surface area contributed by atoms with Crippen molar-refractivity contribution in [3.05, 3.63) is 95.1 Å². The van der Waals surface area contributed by atoms with E-state index in [1.807, 2.05) is 60.7 Å². The molecular weight excluding hydrogens is 284 g/mol. The average Bonchev–Trinajstić information content (AvgIpc) is 2.83. The lowest BCUT2D eigenvalue weighted by molar-refractivity contribution is -0.128. The standard InChI is InChI=1S/C21H14O2/c22-21(23)19-12-5-4-10-17(19)18-11-6-9-16(20(18)21)14-13-15-7-2-1-3-8-15/h1-12,22-23H. The molecule has 3 aromatic rings. The summed E-state index contributed by atoms with van der Waals surface area (Å²) in [5.74, 6) is 4.16. The Morgan fingerprint density at radius 3 is 2.17 bits per heavy atom. The molecular formula is C21H14O2. The molecule has 2 N–H and O–H groups in total. The average molecular weight is 298 g/mol. The zero-order chi connectivity index (χ0) is 15.9. The van der Waals surface area contributed by atoms with E-state index in [0.717, 1.165) is 16.7 Å². The number of rotatable bonds is 0. The molecule has 0 fully saturated rings. The van der Waals surface area contributed by atoms with Gasteiger partial charge in [0.05, 0.1) is 0 Å². The molecule has 0 saturated carbocycles. The van der Waals surface area contributed by atoms with Gasteiger partial charge in [0.25, 0.3) is 0 Å². The van der Waals surface area contributed by atoms with Gasteiger partial charge in [0.1, 0.15) is 0 Å². The van der Waals surface area contributed by atoms with Crippen molar-refractivity contribution in [2.45, 2.75) is 5.79 Å². The molecule has 0 saturated heterocycles. The SMILES string of the molecule is OC1(O)c2ccccc2-c2cccc(C#Cc3ccccc3)c21. The largest absolute Gasteiger partial charge is 0.358 e. The van der Waals surface area contributed by atoms with Crippen molar-refractivity contribution in [1.29, 1.82) is 0 Å². The smallest absolute Gasteiger partial charge is 0.219 e. The van der Waals surface area contributed by atoms with E-state index < -0.39 is 5.79 Å². The Morgan fingerprint density at radius 2 is 1.35 bits per heavy atom. The molecule has 0 aromatic heterocycles. The monoisotopic (exact) mass is 298 g/mol. The number of hydrogen-bond acceptors (Lipinski definition) is 2. The molecule has 23 heavy (non-hydrogen) atoms. The van der Waals surface area contributed by atoms with Gasteiger partial charge >= 0.3 is 0 Å². The minimum atomic E-state index is -2.01. The van der Waals surface area contributed by atoms with Crippen molar-refractivity contribution in [1.82, 2.24) is 0 Å². The third-order valence-electron chi connectivity index (χ3n) is 4.12. The predicted octanol–water partition coefficient (Wildman–Crippen LogP) is 3.25. The second kappa shape index (κ2) is 5.10. The molecule has 0 amide bonds. The molecule has 0 radical (unpaired) electrons. The van der Waals surface area contributed by atoms with Crippen LogP contribution in [0.3, 0.4) is 0 Å². The minimum Gasteiger partial charge on any atom is -0.358 e. The van der Waals surface area contributed by atoms with Crippen molar-refractivity contribution in [2.24, 2.45) is 0 Å². The Labute approximate surface area is 134 Å². The van der Waals surface area contributed by atoms with Gasteiger partial charge in [-0.05, 0) is 29.3 Å². The summed E-state index contributed by atoms with van der Waals surface area (Å²) in [7, 11) is 0. The van der Waals surface area contributed by atoms with Crippen LogP contribution in [0.4, 0.5) is 0 Å². The summed E-state index contributed by atoms with van der Waals surface area (Å²) in [5.41, 5.74) is 4.16. The van der Waals surface area contributed by atoms with E-state index in [4.69, 9.17) is 0 Å². The van der Waals surface area contributed by atoms with E-state index in [0.29, 0.717) is 16.7 Å². The predicted molar refractivity (Wildman–Crippen MR) is 89.5 cm³/mol. The summed E-state index contributed by atoms with van der Waals surface area (Å²) in [6.45, 7) is 0. The van der Waals surface area contributed by atoms with Crippen LogP contribution in [0.1, 0.15) is 22.3 Å². The van der Waals surface area contributed by atoms with Gasteiger partial charge in [-0.15, -0.1) is 0 Å². The van der Waals surface area contributed by atoms with Crippen LogP contribution in [0.2, 0.25) is 0 Å². The summed E-state index contributed by atoms with van der Waals surface area (Å²) in [4.78, 5) is 0. The van der Waals surface area contributed by atoms with Crippen LogP contribution in [0.15, 0.2) is 72.8 Å². The van der Waals surface area contributed by atoms with Crippen LogP contribution in [0, 0.1) is 11.8 Å². The van der Waals surface area contributed by atoms with Crippen molar-refractivity contribution in [3.63, 3.8) is 0 Å². The van der Waals surface area contributed by atoms with Gasteiger partial charge in [-0.2, -0.15) is 0 Å². The molecule has 3 aromatic carbocycles. The highest BCUT2D eigenvalue weighted by Gasteiger charge is 2.41. The fourth-order valence-corrected chi connectivity index (χ4v) is 3.07. The Morgan fingerprint density at radius 1 is 0.652 bits per heavy atom. The van der Waals surface area contributed by atoms with Crippen LogP contribution in [0.5, 0.6) is 0 Å². The molecule has 0 bridgehead atoms. The zero-order valence-corrected chi connectivity index (χ0v) is 12.3. The maximum absolute atomic E-state index is 10.7. The summed E-state index contributed by atoms with van der Waals surface area (Å²) < 4.78 is 0. The fourth-order valence-electron chi connectivity index (χ4n) is 3.07. The lowest BCUT2D eigenvalue weighted by atomic mass is 9.98. The first kappa shape index (κ1) is 13.8. The fraction of sp³-hybridized carbons (Fsp3) is 0.0476. The summed E-state index contributed by atoms with van der Waals surface area (Å²) >= 11 is 0. The van der Waals surface area contributed by atoms with Gasteiger partial charge in [-0.1, -0.05) is 66.4 Å². The molecule has 1 aliphatic rings. The first-order valence-corrected chi connectivity index (χ1v) is 7.43. The van der Waals surface area contributed by atoms with Crippen LogP contribution >= 0.6 is 0 Å². The zero-order valence-electron chi connectivity index (χ0n) is 12.3. The Balaban J connectivity index is 1.90. The lowest BCUT2D eigenvalue weighted by Crippen LogP contribution is -2.24. The molecule has 2 nitrogen and oxygen atoms in total. The normalized spacial score (nSPS) is 13.7. The third kappa shape index (κ3) is 2.15. The van der Waals surface area contributed by atoms with E-state index in [-0.39, 0.29) is 0 Å².